The second kappa shape index (κ2) is 9.99. The van der Waals surface area contributed by atoms with Crippen LogP contribution in [0.5, 0.6) is 5.75 Å². The fourth-order valence-electron chi connectivity index (χ4n) is 6.68. The molecule has 0 saturated heterocycles. The molecule has 0 aliphatic heterocycles. The highest BCUT2D eigenvalue weighted by Crippen LogP contribution is 2.53. The number of phenolic OH excluding ortho intramolecular Hbond substituents is 1. The number of ketones is 2. The van der Waals surface area contributed by atoms with E-state index in [1.165, 1.54) is 37.2 Å². The van der Waals surface area contributed by atoms with Crippen LogP contribution in [0.3, 0.4) is 0 Å². The maximum atomic E-state index is 13.9. The number of hydrogen-bond acceptors (Lipinski definition) is 8. The first-order valence-electron chi connectivity index (χ1n) is 13.2. The molecule has 1 amide bonds. The summed E-state index contributed by atoms with van der Waals surface area (Å²) in [6.07, 6.45) is -3.67. The van der Waals surface area contributed by atoms with Crippen LogP contribution in [0.15, 0.2) is 53.3 Å². The molecule has 0 bridgehead atoms. The quantitative estimate of drug-likeness (QED) is 0.334. The van der Waals surface area contributed by atoms with E-state index in [2.05, 4.69) is 0 Å². The molecule has 0 heterocycles. The van der Waals surface area contributed by atoms with Crippen molar-refractivity contribution in [2.45, 2.75) is 43.5 Å². The Hall–Kier alpha value is -4.16. The van der Waals surface area contributed by atoms with Crippen molar-refractivity contribution in [2.75, 3.05) is 14.1 Å². The van der Waals surface area contributed by atoms with Gasteiger partial charge in [-0.2, -0.15) is 13.2 Å². The Bertz CT molecular complexity index is 1580. The first kappa shape index (κ1) is 29.3. The van der Waals surface area contributed by atoms with Crippen LogP contribution in [0.1, 0.15) is 34.2 Å². The third kappa shape index (κ3) is 4.36. The van der Waals surface area contributed by atoms with Gasteiger partial charge in [-0.05, 0) is 80.6 Å². The lowest BCUT2D eigenvalue weighted by Gasteiger charge is -2.50. The van der Waals surface area contributed by atoms with Crippen LogP contribution in [0, 0.1) is 11.8 Å². The molecule has 1 saturated carbocycles. The number of aliphatic hydroxyl groups excluding tert-OH is 2. The van der Waals surface area contributed by atoms with Gasteiger partial charge in [0.05, 0.1) is 17.2 Å². The molecule has 0 radical (unpaired) electrons. The SMILES string of the molecule is CN(C)[C@@H]1C(=O)C(C(N)=O)=C(O)[C@@]2(O)C(=O)C3=C(O)c4c(O)ccc(CCc5ccc(C(F)(F)F)cc5)c4C[C@H]3C[C@@H]12. The van der Waals surface area contributed by atoms with Crippen molar-refractivity contribution in [3.05, 3.63) is 81.1 Å². The lowest BCUT2D eigenvalue weighted by atomic mass is 9.57. The highest BCUT2D eigenvalue weighted by Gasteiger charge is 2.64. The van der Waals surface area contributed by atoms with Crippen molar-refractivity contribution in [1.29, 1.82) is 0 Å². The maximum absolute atomic E-state index is 13.9. The Morgan fingerprint density at radius 2 is 1.69 bits per heavy atom. The number of hydrogen-bond donors (Lipinski definition) is 5. The summed E-state index contributed by atoms with van der Waals surface area (Å²) >= 11 is 0. The Labute approximate surface area is 238 Å². The summed E-state index contributed by atoms with van der Waals surface area (Å²) in [4.78, 5) is 40.6. The molecular weight excluding hydrogens is 557 g/mol. The van der Waals surface area contributed by atoms with Crippen LogP contribution in [-0.2, 0) is 39.8 Å². The molecule has 6 N–H and O–H groups in total. The molecule has 0 spiro atoms. The summed E-state index contributed by atoms with van der Waals surface area (Å²) in [6, 6.07) is 6.53. The number of rotatable bonds is 5. The number of aryl methyl sites for hydroxylation is 2. The fraction of sp³-hybridized carbons (Fsp3) is 0.367. The zero-order chi connectivity index (χ0) is 30.9. The second-order valence-corrected chi connectivity index (χ2v) is 11.3. The normalized spacial score (nSPS) is 25.8. The molecule has 2 aromatic carbocycles. The number of likely N-dealkylation sites (N-methyl/N-ethyl adjacent to an activating group) is 1. The summed E-state index contributed by atoms with van der Waals surface area (Å²) in [5.74, 6) is -7.25. The molecule has 2 aromatic rings. The highest BCUT2D eigenvalue weighted by molar-refractivity contribution is 6.24. The summed E-state index contributed by atoms with van der Waals surface area (Å²) in [5, 5.41) is 44.6. The minimum atomic E-state index is -4.46. The number of carbonyl (C=O) groups excluding carboxylic acids is 3. The molecule has 3 aliphatic rings. The van der Waals surface area contributed by atoms with Gasteiger partial charge in [0, 0.05) is 11.5 Å². The number of aliphatic hydroxyl groups is 3. The van der Waals surface area contributed by atoms with Gasteiger partial charge >= 0.3 is 6.18 Å². The van der Waals surface area contributed by atoms with Crippen molar-refractivity contribution in [1.82, 2.24) is 4.90 Å². The summed E-state index contributed by atoms with van der Waals surface area (Å²) in [7, 11) is 3.04. The van der Waals surface area contributed by atoms with Gasteiger partial charge in [0.1, 0.15) is 22.8 Å². The van der Waals surface area contributed by atoms with Crippen LogP contribution in [0.4, 0.5) is 13.2 Å². The van der Waals surface area contributed by atoms with E-state index < -0.39 is 69.8 Å². The summed E-state index contributed by atoms with van der Waals surface area (Å²) < 4.78 is 38.8. The van der Waals surface area contributed by atoms with E-state index >= 15 is 0 Å². The monoisotopic (exact) mass is 586 g/mol. The number of aromatic hydroxyl groups is 1. The number of halogens is 3. The van der Waals surface area contributed by atoms with E-state index in [9.17, 15) is 48.0 Å². The molecule has 12 heteroatoms. The third-order valence-electron chi connectivity index (χ3n) is 8.67. The largest absolute Gasteiger partial charge is 0.508 e. The minimum Gasteiger partial charge on any atom is -0.508 e. The van der Waals surface area contributed by atoms with E-state index in [0.717, 1.165) is 12.1 Å². The van der Waals surface area contributed by atoms with E-state index in [4.69, 9.17) is 5.73 Å². The molecule has 9 nitrogen and oxygen atoms in total. The van der Waals surface area contributed by atoms with Crippen LogP contribution < -0.4 is 5.73 Å². The fourth-order valence-corrected chi connectivity index (χ4v) is 6.68. The smallest absolute Gasteiger partial charge is 0.416 e. The summed E-state index contributed by atoms with van der Waals surface area (Å²) in [6.45, 7) is 0. The number of primary amides is 1. The van der Waals surface area contributed by atoms with Crippen LogP contribution in [-0.4, -0.2) is 68.5 Å². The molecule has 1 fully saturated rings. The number of nitrogens with two attached hydrogens (primary N) is 1. The molecular formula is C30H29F3N2O7. The van der Waals surface area contributed by atoms with Crippen molar-refractivity contribution >= 4 is 23.2 Å². The number of benzene rings is 2. The van der Waals surface area contributed by atoms with Gasteiger partial charge in [0.25, 0.3) is 5.91 Å². The van der Waals surface area contributed by atoms with Gasteiger partial charge in [-0.25, -0.2) is 0 Å². The van der Waals surface area contributed by atoms with Crippen molar-refractivity contribution in [3.63, 3.8) is 0 Å². The second-order valence-electron chi connectivity index (χ2n) is 11.3. The van der Waals surface area contributed by atoms with Gasteiger partial charge in [-0.15, -0.1) is 0 Å². The van der Waals surface area contributed by atoms with E-state index in [0.29, 0.717) is 29.5 Å². The zero-order valence-corrected chi connectivity index (χ0v) is 22.7. The Kier molecular flexibility index (Phi) is 6.97. The molecule has 0 aromatic heterocycles. The van der Waals surface area contributed by atoms with Crippen molar-refractivity contribution in [3.8, 4) is 5.75 Å². The van der Waals surface area contributed by atoms with E-state index in [-0.39, 0.29) is 29.7 Å². The molecule has 3 aliphatic carbocycles. The van der Waals surface area contributed by atoms with Crippen LogP contribution in [0.25, 0.3) is 5.76 Å². The average molecular weight is 587 g/mol. The van der Waals surface area contributed by atoms with Gasteiger partial charge in [0.2, 0.25) is 5.78 Å². The van der Waals surface area contributed by atoms with Gasteiger partial charge in [-0.1, -0.05) is 18.2 Å². The third-order valence-corrected chi connectivity index (χ3v) is 8.67. The number of carbonyl (C=O) groups is 3. The first-order chi connectivity index (χ1) is 19.6. The number of alkyl halides is 3. The molecule has 4 atom stereocenters. The first-order valence-corrected chi connectivity index (χ1v) is 13.2. The van der Waals surface area contributed by atoms with Gasteiger partial charge < -0.3 is 26.2 Å². The number of nitrogens with zero attached hydrogens (tertiary/aromatic N) is 1. The molecule has 42 heavy (non-hydrogen) atoms. The van der Waals surface area contributed by atoms with Crippen LogP contribution in [0.2, 0.25) is 0 Å². The highest BCUT2D eigenvalue weighted by atomic mass is 19.4. The molecule has 222 valence electrons. The standard InChI is InChI=1S/C30H29F3N2O7/c1-35(2)23-18-12-15-11-17-14(6-3-13-4-8-16(9-5-13)30(31,32)33)7-10-19(36)21(17)24(37)20(15)26(39)29(18,42)27(40)22(25(23)38)28(34)41/h4-5,7-10,15,18,23,36-37,40,42H,3,6,11-12H2,1-2H3,(H2,34,41)/t15-,18-,23-,29-/m0/s1. The minimum absolute atomic E-state index is 0.0313. The average Bonchev–Trinajstić information content (AvgIpc) is 2.89. The van der Waals surface area contributed by atoms with E-state index in [1.54, 1.807) is 6.07 Å². The number of fused-ring (bicyclic) bond motifs is 3. The maximum Gasteiger partial charge on any atom is 0.416 e. The number of phenols is 1. The predicted molar refractivity (Wildman–Crippen MR) is 143 cm³/mol. The Balaban J connectivity index is 1.56. The lowest BCUT2D eigenvalue weighted by Crippen LogP contribution is -2.65. The van der Waals surface area contributed by atoms with Crippen molar-refractivity contribution in [2.24, 2.45) is 17.6 Å². The van der Waals surface area contributed by atoms with Gasteiger partial charge in [-0.3, -0.25) is 19.3 Å². The number of Topliss-reactive ketones (excluding diaryl/α,β-unsaturated/α-hetero) is 2. The van der Waals surface area contributed by atoms with E-state index in [1.807, 2.05) is 0 Å². The van der Waals surface area contributed by atoms with Crippen molar-refractivity contribution < 1.29 is 48.0 Å². The zero-order valence-electron chi connectivity index (χ0n) is 22.7. The predicted octanol–water partition coefficient (Wildman–Crippen LogP) is 2.77. The van der Waals surface area contributed by atoms with Gasteiger partial charge in [0.15, 0.2) is 11.4 Å². The lowest BCUT2D eigenvalue weighted by molar-refractivity contribution is -0.153. The molecule has 5 rings (SSSR count). The van der Waals surface area contributed by atoms with Crippen LogP contribution >= 0.6 is 0 Å². The molecule has 0 unspecified atom stereocenters. The topological polar surface area (TPSA) is 161 Å². The Morgan fingerprint density at radius 1 is 1.05 bits per heavy atom. The Morgan fingerprint density at radius 3 is 2.26 bits per heavy atom. The summed E-state index contributed by atoms with van der Waals surface area (Å²) in [5.41, 5.74) is 2.52. The number of amides is 1.